The fraction of sp³-hybridized carbons (Fsp3) is 0.385. The third-order valence-corrected chi connectivity index (χ3v) is 3.61. The van der Waals surface area contributed by atoms with E-state index in [9.17, 15) is 4.79 Å². The van der Waals surface area contributed by atoms with Crippen molar-refractivity contribution in [2.75, 3.05) is 5.32 Å². The Morgan fingerprint density at radius 2 is 2.26 bits per heavy atom. The van der Waals surface area contributed by atoms with Crippen molar-refractivity contribution in [1.82, 2.24) is 10.2 Å². The predicted molar refractivity (Wildman–Crippen MR) is 77.3 cm³/mol. The zero-order chi connectivity index (χ0) is 12.5. The summed E-state index contributed by atoms with van der Waals surface area (Å²) in [5, 5.41) is 10.8. The zero-order valence-electron chi connectivity index (χ0n) is 10.4. The molecule has 6 heteroatoms. The first kappa shape index (κ1) is 13.8. The number of H-pyrrole nitrogens is 1. The summed E-state index contributed by atoms with van der Waals surface area (Å²) in [5.41, 5.74) is 7.69. The van der Waals surface area contributed by atoms with Gasteiger partial charge in [0.2, 0.25) is 5.91 Å². The van der Waals surface area contributed by atoms with Crippen LogP contribution in [-0.4, -0.2) is 22.1 Å². The Kier molecular flexibility index (Phi) is 4.07. The number of aromatic nitrogens is 2. The second-order valence-electron chi connectivity index (χ2n) is 4.86. The Morgan fingerprint density at radius 3 is 3.00 bits per heavy atom. The molecule has 1 heterocycles. The van der Waals surface area contributed by atoms with Gasteiger partial charge in [-0.15, -0.1) is 12.4 Å². The quantitative estimate of drug-likeness (QED) is 0.787. The molecule has 0 aliphatic heterocycles. The van der Waals surface area contributed by atoms with Crippen LogP contribution in [0.3, 0.4) is 0 Å². The van der Waals surface area contributed by atoms with Gasteiger partial charge in [0.15, 0.2) is 0 Å². The number of hydrogen-bond donors (Lipinski definition) is 3. The average Bonchev–Trinajstić information content (AvgIpc) is 2.96. The molecule has 2 aromatic rings. The highest BCUT2D eigenvalue weighted by Crippen LogP contribution is 2.26. The molecular weight excluding hydrogens is 264 g/mol. The number of aromatic amines is 1. The molecule has 0 saturated heterocycles. The molecule has 2 unspecified atom stereocenters. The highest BCUT2D eigenvalue weighted by molar-refractivity contribution is 5.95. The van der Waals surface area contributed by atoms with Crippen molar-refractivity contribution in [1.29, 1.82) is 0 Å². The van der Waals surface area contributed by atoms with Gasteiger partial charge in [0, 0.05) is 17.1 Å². The van der Waals surface area contributed by atoms with Gasteiger partial charge in [-0.05, 0) is 31.0 Å². The molecule has 1 aliphatic carbocycles. The van der Waals surface area contributed by atoms with Crippen molar-refractivity contribution in [3.8, 4) is 0 Å². The fourth-order valence-electron chi connectivity index (χ4n) is 2.57. The molecule has 0 spiro atoms. The molecule has 1 amide bonds. The minimum absolute atomic E-state index is 0. The number of carbonyl (C=O) groups excluding carboxylic acids is 1. The molecule has 3 rings (SSSR count). The standard InChI is InChI=1S/C13H16N4O.ClH/c14-11-3-1-2-10(11)13(18)16-9-4-5-12-8(6-9)7-15-17-12;/h4-7,10-11H,1-3,14H2,(H,15,17)(H,16,18);1H. The number of carbonyl (C=O) groups is 1. The van der Waals surface area contributed by atoms with E-state index in [1.807, 2.05) is 18.2 Å². The molecule has 102 valence electrons. The second-order valence-corrected chi connectivity index (χ2v) is 4.86. The first-order valence-corrected chi connectivity index (χ1v) is 6.23. The van der Waals surface area contributed by atoms with Gasteiger partial charge < -0.3 is 11.1 Å². The number of hydrogen-bond acceptors (Lipinski definition) is 3. The average molecular weight is 281 g/mol. The monoisotopic (exact) mass is 280 g/mol. The molecule has 1 saturated carbocycles. The topological polar surface area (TPSA) is 83.8 Å². The van der Waals surface area contributed by atoms with Crippen molar-refractivity contribution < 1.29 is 4.79 Å². The van der Waals surface area contributed by atoms with Crippen molar-refractivity contribution >= 4 is 34.9 Å². The predicted octanol–water partition coefficient (Wildman–Crippen LogP) is 2.05. The van der Waals surface area contributed by atoms with Crippen LogP contribution >= 0.6 is 12.4 Å². The van der Waals surface area contributed by atoms with E-state index in [-0.39, 0.29) is 30.3 Å². The van der Waals surface area contributed by atoms with Crippen LogP contribution in [0, 0.1) is 5.92 Å². The van der Waals surface area contributed by atoms with E-state index >= 15 is 0 Å². The summed E-state index contributed by atoms with van der Waals surface area (Å²) >= 11 is 0. The lowest BCUT2D eigenvalue weighted by Gasteiger charge is -2.15. The third kappa shape index (κ3) is 2.72. The van der Waals surface area contributed by atoms with E-state index in [0.717, 1.165) is 35.9 Å². The molecule has 1 aromatic carbocycles. The number of fused-ring (bicyclic) bond motifs is 1. The number of nitrogens with two attached hydrogens (primary N) is 1. The van der Waals surface area contributed by atoms with Crippen molar-refractivity contribution in [3.05, 3.63) is 24.4 Å². The van der Waals surface area contributed by atoms with Crippen LogP contribution in [0.15, 0.2) is 24.4 Å². The minimum Gasteiger partial charge on any atom is -0.327 e. The molecule has 2 atom stereocenters. The summed E-state index contributed by atoms with van der Waals surface area (Å²) in [6.45, 7) is 0. The normalized spacial score (nSPS) is 22.2. The molecule has 1 fully saturated rings. The Balaban J connectivity index is 0.00000133. The maximum absolute atomic E-state index is 12.1. The van der Waals surface area contributed by atoms with E-state index in [0.29, 0.717) is 0 Å². The molecule has 5 nitrogen and oxygen atoms in total. The maximum Gasteiger partial charge on any atom is 0.229 e. The maximum atomic E-state index is 12.1. The smallest absolute Gasteiger partial charge is 0.229 e. The van der Waals surface area contributed by atoms with E-state index in [1.54, 1.807) is 6.20 Å². The number of amides is 1. The third-order valence-electron chi connectivity index (χ3n) is 3.61. The summed E-state index contributed by atoms with van der Waals surface area (Å²) in [7, 11) is 0. The van der Waals surface area contributed by atoms with E-state index in [4.69, 9.17) is 5.73 Å². The Bertz CT molecular complexity index is 583. The minimum atomic E-state index is -0.0509. The van der Waals surface area contributed by atoms with Crippen LogP contribution < -0.4 is 11.1 Å². The number of benzene rings is 1. The van der Waals surface area contributed by atoms with Gasteiger partial charge in [-0.1, -0.05) is 6.42 Å². The fourth-order valence-corrected chi connectivity index (χ4v) is 2.57. The lowest BCUT2D eigenvalue weighted by atomic mass is 10.0. The van der Waals surface area contributed by atoms with Crippen LogP contribution in [0.25, 0.3) is 10.9 Å². The van der Waals surface area contributed by atoms with Crippen LogP contribution in [-0.2, 0) is 4.79 Å². The summed E-state index contributed by atoms with van der Waals surface area (Å²) < 4.78 is 0. The molecule has 4 N–H and O–H groups in total. The van der Waals surface area contributed by atoms with Gasteiger partial charge in [0.1, 0.15) is 0 Å². The van der Waals surface area contributed by atoms with E-state index in [1.165, 1.54) is 0 Å². The van der Waals surface area contributed by atoms with Crippen molar-refractivity contribution in [2.45, 2.75) is 25.3 Å². The number of rotatable bonds is 2. The first-order valence-electron chi connectivity index (χ1n) is 6.23. The van der Waals surface area contributed by atoms with Crippen LogP contribution in [0.4, 0.5) is 5.69 Å². The van der Waals surface area contributed by atoms with Gasteiger partial charge in [-0.3, -0.25) is 9.89 Å². The van der Waals surface area contributed by atoms with Crippen molar-refractivity contribution in [3.63, 3.8) is 0 Å². The summed E-state index contributed by atoms with van der Waals surface area (Å²) in [6.07, 6.45) is 4.62. The largest absolute Gasteiger partial charge is 0.327 e. The van der Waals surface area contributed by atoms with Gasteiger partial charge in [0.05, 0.1) is 17.6 Å². The van der Waals surface area contributed by atoms with Gasteiger partial charge >= 0.3 is 0 Å². The number of anilines is 1. The number of nitrogens with zero attached hydrogens (tertiary/aromatic N) is 1. The second kappa shape index (κ2) is 5.59. The van der Waals surface area contributed by atoms with E-state index in [2.05, 4.69) is 15.5 Å². The Labute approximate surface area is 117 Å². The summed E-state index contributed by atoms with van der Waals surface area (Å²) in [6, 6.07) is 5.70. The number of nitrogens with one attached hydrogen (secondary N) is 2. The molecule has 0 bridgehead atoms. The van der Waals surface area contributed by atoms with Crippen LogP contribution in [0.1, 0.15) is 19.3 Å². The van der Waals surface area contributed by atoms with Gasteiger partial charge in [0.25, 0.3) is 0 Å². The van der Waals surface area contributed by atoms with Crippen LogP contribution in [0.5, 0.6) is 0 Å². The van der Waals surface area contributed by atoms with Gasteiger partial charge in [-0.25, -0.2) is 0 Å². The highest BCUT2D eigenvalue weighted by atomic mass is 35.5. The van der Waals surface area contributed by atoms with Crippen molar-refractivity contribution in [2.24, 2.45) is 11.7 Å². The lowest BCUT2D eigenvalue weighted by Crippen LogP contribution is -2.34. The Morgan fingerprint density at radius 1 is 1.42 bits per heavy atom. The zero-order valence-corrected chi connectivity index (χ0v) is 11.2. The molecular formula is C13H17ClN4O. The molecule has 1 aromatic heterocycles. The number of halogens is 1. The summed E-state index contributed by atoms with van der Waals surface area (Å²) in [5.74, 6) is -0.0205. The van der Waals surface area contributed by atoms with Crippen LogP contribution in [0.2, 0.25) is 0 Å². The molecule has 0 radical (unpaired) electrons. The summed E-state index contributed by atoms with van der Waals surface area (Å²) in [4.78, 5) is 12.1. The SMILES string of the molecule is Cl.NC1CCCC1C(=O)Nc1ccc2[nH]ncc2c1. The first-order chi connectivity index (χ1) is 8.74. The lowest BCUT2D eigenvalue weighted by molar-refractivity contribution is -0.120. The molecule has 1 aliphatic rings. The Hall–Kier alpha value is -1.59. The highest BCUT2D eigenvalue weighted by Gasteiger charge is 2.30. The van der Waals surface area contributed by atoms with Gasteiger partial charge in [-0.2, -0.15) is 5.10 Å². The molecule has 19 heavy (non-hydrogen) atoms. The van der Waals surface area contributed by atoms with E-state index < -0.39 is 0 Å².